The van der Waals surface area contributed by atoms with Crippen LogP contribution in [-0.4, -0.2) is 9.78 Å². The number of hydrogen-bond acceptors (Lipinski definition) is 2. The second-order valence-corrected chi connectivity index (χ2v) is 2.15. The third-order valence-electron chi connectivity index (χ3n) is 1.34. The maximum atomic E-state index is 8.28. The van der Waals surface area contributed by atoms with E-state index >= 15 is 0 Å². The van der Waals surface area contributed by atoms with Crippen molar-refractivity contribution >= 4 is 6.08 Å². The van der Waals surface area contributed by atoms with E-state index in [1.165, 1.54) is 0 Å². The molecule has 1 aromatic heterocycles. The maximum absolute atomic E-state index is 8.28. The van der Waals surface area contributed by atoms with Gasteiger partial charge in [-0.1, -0.05) is 12.7 Å². The molecule has 56 valence electrons. The van der Waals surface area contributed by atoms with E-state index < -0.39 is 0 Å². The van der Waals surface area contributed by atoms with E-state index in [4.69, 9.17) is 5.26 Å². The van der Waals surface area contributed by atoms with Crippen LogP contribution in [0.3, 0.4) is 0 Å². The average Bonchev–Trinajstić information content (AvgIpc) is 2.48. The molecular formula is C8H9N3. The van der Waals surface area contributed by atoms with Crippen molar-refractivity contribution in [2.75, 3.05) is 0 Å². The standard InChI is InChI=1S/C8H9N3/c1-2-8-6-10-11(7-8)5-3-4-9/h2,6-7H,1,3,5H2. The second-order valence-electron chi connectivity index (χ2n) is 2.15. The van der Waals surface area contributed by atoms with E-state index in [0.717, 1.165) is 5.56 Å². The van der Waals surface area contributed by atoms with Crippen molar-refractivity contribution in [2.24, 2.45) is 0 Å². The van der Waals surface area contributed by atoms with Crippen LogP contribution in [0, 0.1) is 11.3 Å². The summed E-state index contributed by atoms with van der Waals surface area (Å²) in [6, 6.07) is 2.06. The van der Waals surface area contributed by atoms with E-state index in [-0.39, 0.29) is 0 Å². The van der Waals surface area contributed by atoms with Gasteiger partial charge >= 0.3 is 0 Å². The topological polar surface area (TPSA) is 41.6 Å². The molecule has 0 saturated heterocycles. The van der Waals surface area contributed by atoms with Crippen LogP contribution in [0.2, 0.25) is 0 Å². The van der Waals surface area contributed by atoms with Crippen molar-refractivity contribution in [1.82, 2.24) is 9.78 Å². The van der Waals surface area contributed by atoms with Crippen LogP contribution in [-0.2, 0) is 6.54 Å². The Morgan fingerprint density at radius 2 is 2.64 bits per heavy atom. The van der Waals surface area contributed by atoms with Gasteiger partial charge in [-0.2, -0.15) is 10.4 Å². The Hall–Kier alpha value is -1.56. The summed E-state index contributed by atoms with van der Waals surface area (Å²) in [7, 11) is 0. The minimum Gasteiger partial charge on any atom is -0.271 e. The lowest BCUT2D eigenvalue weighted by Gasteiger charge is -1.92. The molecule has 3 heteroatoms. The molecule has 0 aliphatic rings. The minimum absolute atomic E-state index is 0.498. The summed E-state index contributed by atoms with van der Waals surface area (Å²) in [6.07, 6.45) is 5.82. The van der Waals surface area contributed by atoms with Gasteiger partial charge in [0.2, 0.25) is 0 Å². The number of aryl methyl sites for hydroxylation is 1. The lowest BCUT2D eigenvalue weighted by molar-refractivity contribution is 0.627. The van der Waals surface area contributed by atoms with Gasteiger partial charge in [-0.25, -0.2) is 0 Å². The Morgan fingerprint density at radius 3 is 3.18 bits per heavy atom. The molecule has 1 heterocycles. The van der Waals surface area contributed by atoms with Gasteiger partial charge < -0.3 is 0 Å². The highest BCUT2D eigenvalue weighted by molar-refractivity contribution is 5.43. The van der Waals surface area contributed by atoms with E-state index in [9.17, 15) is 0 Å². The molecule has 0 bridgehead atoms. The fourth-order valence-corrected chi connectivity index (χ4v) is 0.772. The normalized spacial score (nSPS) is 9.00. The third-order valence-corrected chi connectivity index (χ3v) is 1.34. The third kappa shape index (κ3) is 1.94. The maximum Gasteiger partial charge on any atom is 0.0641 e. The Kier molecular flexibility index (Phi) is 2.45. The van der Waals surface area contributed by atoms with Crippen LogP contribution in [0.25, 0.3) is 6.08 Å². The molecule has 0 fully saturated rings. The zero-order chi connectivity index (χ0) is 8.10. The number of nitrogens with zero attached hydrogens (tertiary/aromatic N) is 3. The highest BCUT2D eigenvalue weighted by Crippen LogP contribution is 1.98. The summed E-state index contributed by atoms with van der Waals surface area (Å²) in [5.74, 6) is 0. The minimum atomic E-state index is 0.498. The van der Waals surface area contributed by atoms with Crippen LogP contribution in [0.5, 0.6) is 0 Å². The van der Waals surface area contributed by atoms with Crippen LogP contribution in [0.1, 0.15) is 12.0 Å². The fraction of sp³-hybridized carbons (Fsp3) is 0.250. The number of aromatic nitrogens is 2. The van der Waals surface area contributed by atoms with Crippen molar-refractivity contribution in [1.29, 1.82) is 5.26 Å². The lowest BCUT2D eigenvalue weighted by Crippen LogP contribution is -1.96. The Bertz CT molecular complexity index is 280. The van der Waals surface area contributed by atoms with Crippen LogP contribution >= 0.6 is 0 Å². The van der Waals surface area contributed by atoms with E-state index in [0.29, 0.717) is 13.0 Å². The molecule has 0 aliphatic carbocycles. The first-order valence-electron chi connectivity index (χ1n) is 3.38. The predicted octanol–water partition coefficient (Wildman–Crippen LogP) is 1.44. The number of hydrogen-bond donors (Lipinski definition) is 0. The van der Waals surface area contributed by atoms with E-state index in [1.54, 1.807) is 17.0 Å². The molecule has 0 atom stereocenters. The summed E-state index contributed by atoms with van der Waals surface area (Å²) in [5.41, 5.74) is 0.989. The van der Waals surface area contributed by atoms with Gasteiger partial charge in [-0.3, -0.25) is 4.68 Å². The predicted molar refractivity (Wildman–Crippen MR) is 42.5 cm³/mol. The molecule has 0 saturated carbocycles. The lowest BCUT2D eigenvalue weighted by atomic mass is 10.4. The van der Waals surface area contributed by atoms with E-state index in [1.807, 2.05) is 6.20 Å². The Balaban J connectivity index is 2.59. The highest BCUT2D eigenvalue weighted by atomic mass is 15.3. The molecule has 3 nitrogen and oxygen atoms in total. The zero-order valence-corrected chi connectivity index (χ0v) is 6.20. The molecular weight excluding hydrogens is 138 g/mol. The fourth-order valence-electron chi connectivity index (χ4n) is 0.772. The van der Waals surface area contributed by atoms with Crippen molar-refractivity contribution in [3.8, 4) is 6.07 Å². The van der Waals surface area contributed by atoms with Crippen LogP contribution in [0.15, 0.2) is 19.0 Å². The number of nitriles is 1. The summed E-state index contributed by atoms with van der Waals surface area (Å²) in [4.78, 5) is 0. The summed E-state index contributed by atoms with van der Waals surface area (Å²) in [6.45, 7) is 4.26. The molecule has 0 aromatic carbocycles. The zero-order valence-electron chi connectivity index (χ0n) is 6.20. The SMILES string of the molecule is C=Cc1cnn(CCC#N)c1. The van der Waals surface area contributed by atoms with Gasteiger partial charge in [0.1, 0.15) is 0 Å². The molecule has 0 amide bonds. The van der Waals surface area contributed by atoms with Gasteiger partial charge in [0.05, 0.1) is 25.2 Å². The van der Waals surface area contributed by atoms with Crippen molar-refractivity contribution < 1.29 is 0 Å². The van der Waals surface area contributed by atoms with Crippen LogP contribution in [0.4, 0.5) is 0 Å². The summed E-state index contributed by atoms with van der Waals surface area (Å²) >= 11 is 0. The van der Waals surface area contributed by atoms with Gasteiger partial charge in [-0.05, 0) is 0 Å². The van der Waals surface area contributed by atoms with Crippen LogP contribution < -0.4 is 0 Å². The average molecular weight is 147 g/mol. The first-order chi connectivity index (χ1) is 5.36. The largest absolute Gasteiger partial charge is 0.271 e. The quantitative estimate of drug-likeness (QED) is 0.649. The van der Waals surface area contributed by atoms with Crippen molar-refractivity contribution in [3.63, 3.8) is 0 Å². The second kappa shape index (κ2) is 3.57. The first kappa shape index (κ1) is 7.55. The molecule has 0 radical (unpaired) electrons. The molecule has 1 rings (SSSR count). The molecule has 0 aliphatic heterocycles. The molecule has 0 spiro atoms. The van der Waals surface area contributed by atoms with Gasteiger partial charge in [0.15, 0.2) is 0 Å². The van der Waals surface area contributed by atoms with Gasteiger partial charge in [0, 0.05) is 11.8 Å². The smallest absolute Gasteiger partial charge is 0.0641 e. The van der Waals surface area contributed by atoms with E-state index in [2.05, 4.69) is 17.7 Å². The van der Waals surface area contributed by atoms with Gasteiger partial charge in [0.25, 0.3) is 0 Å². The highest BCUT2D eigenvalue weighted by Gasteiger charge is 1.92. The Labute approximate surface area is 65.6 Å². The monoisotopic (exact) mass is 147 g/mol. The molecule has 0 unspecified atom stereocenters. The summed E-state index contributed by atoms with van der Waals surface area (Å²) < 4.78 is 1.74. The first-order valence-corrected chi connectivity index (χ1v) is 3.38. The molecule has 0 N–H and O–H groups in total. The molecule has 11 heavy (non-hydrogen) atoms. The van der Waals surface area contributed by atoms with Crippen molar-refractivity contribution in [3.05, 3.63) is 24.5 Å². The van der Waals surface area contributed by atoms with Crippen molar-refractivity contribution in [2.45, 2.75) is 13.0 Å². The molecule has 1 aromatic rings. The Morgan fingerprint density at radius 1 is 1.82 bits per heavy atom. The van der Waals surface area contributed by atoms with Gasteiger partial charge in [-0.15, -0.1) is 0 Å². The number of rotatable bonds is 3. The summed E-state index contributed by atoms with van der Waals surface area (Å²) in [5, 5.41) is 12.3.